The summed E-state index contributed by atoms with van der Waals surface area (Å²) in [4.78, 5) is 0. The standard InChI is InChI=1S/C17H18FNO/c1-11-5-3-4-6-13(11)17-10-15(19-2)14-9-12(18)7-8-16(14)20-17/h3-9,15,17,19H,10H2,1-2H3. The van der Waals surface area contributed by atoms with Gasteiger partial charge in [0.25, 0.3) is 0 Å². The van der Waals surface area contributed by atoms with Crippen molar-refractivity contribution in [3.8, 4) is 5.75 Å². The highest BCUT2D eigenvalue weighted by molar-refractivity contribution is 5.40. The number of hydrogen-bond donors (Lipinski definition) is 1. The van der Waals surface area contributed by atoms with Crippen LogP contribution in [0.3, 0.4) is 0 Å². The van der Waals surface area contributed by atoms with E-state index < -0.39 is 0 Å². The van der Waals surface area contributed by atoms with E-state index in [1.807, 2.05) is 19.2 Å². The van der Waals surface area contributed by atoms with Crippen LogP contribution in [0, 0.1) is 12.7 Å². The first kappa shape index (κ1) is 13.1. The van der Waals surface area contributed by atoms with Crippen molar-refractivity contribution in [3.05, 3.63) is 65.0 Å². The SMILES string of the molecule is CNC1CC(c2ccccc2C)Oc2ccc(F)cc21. The Morgan fingerprint density at radius 2 is 1.95 bits per heavy atom. The topological polar surface area (TPSA) is 21.3 Å². The normalized spacial score (nSPS) is 21.1. The van der Waals surface area contributed by atoms with Crippen molar-refractivity contribution >= 4 is 0 Å². The Morgan fingerprint density at radius 1 is 1.15 bits per heavy atom. The number of halogens is 1. The fraction of sp³-hybridized carbons (Fsp3) is 0.294. The first-order valence-electron chi connectivity index (χ1n) is 6.88. The van der Waals surface area contributed by atoms with Gasteiger partial charge in [0, 0.05) is 18.0 Å². The van der Waals surface area contributed by atoms with Crippen molar-refractivity contribution in [2.45, 2.75) is 25.5 Å². The lowest BCUT2D eigenvalue weighted by Crippen LogP contribution is -2.27. The Labute approximate surface area is 118 Å². The van der Waals surface area contributed by atoms with Gasteiger partial charge >= 0.3 is 0 Å². The fourth-order valence-corrected chi connectivity index (χ4v) is 2.85. The van der Waals surface area contributed by atoms with Gasteiger partial charge < -0.3 is 10.1 Å². The van der Waals surface area contributed by atoms with E-state index in [1.54, 1.807) is 12.1 Å². The maximum Gasteiger partial charge on any atom is 0.126 e. The summed E-state index contributed by atoms with van der Waals surface area (Å²) in [5.41, 5.74) is 3.32. The van der Waals surface area contributed by atoms with E-state index in [4.69, 9.17) is 4.74 Å². The Morgan fingerprint density at radius 3 is 2.70 bits per heavy atom. The third kappa shape index (κ3) is 2.29. The third-order valence-corrected chi connectivity index (χ3v) is 3.95. The molecule has 0 aromatic heterocycles. The van der Waals surface area contributed by atoms with Gasteiger partial charge in [-0.2, -0.15) is 0 Å². The molecule has 0 amide bonds. The molecule has 0 saturated heterocycles. The molecule has 2 nitrogen and oxygen atoms in total. The molecule has 0 spiro atoms. The second-order valence-corrected chi connectivity index (χ2v) is 5.22. The zero-order valence-electron chi connectivity index (χ0n) is 11.7. The summed E-state index contributed by atoms with van der Waals surface area (Å²) in [6, 6.07) is 13.1. The number of hydrogen-bond acceptors (Lipinski definition) is 2. The third-order valence-electron chi connectivity index (χ3n) is 3.95. The fourth-order valence-electron chi connectivity index (χ4n) is 2.85. The summed E-state index contributed by atoms with van der Waals surface area (Å²) in [6.45, 7) is 2.09. The summed E-state index contributed by atoms with van der Waals surface area (Å²) in [5, 5.41) is 3.26. The molecule has 1 aliphatic rings. The van der Waals surface area contributed by atoms with Gasteiger partial charge in [-0.3, -0.25) is 0 Å². The number of nitrogens with one attached hydrogen (secondary N) is 1. The minimum Gasteiger partial charge on any atom is -0.485 e. The highest BCUT2D eigenvalue weighted by atomic mass is 19.1. The summed E-state index contributed by atoms with van der Waals surface area (Å²) in [6.07, 6.45) is 0.810. The van der Waals surface area contributed by atoms with Crippen molar-refractivity contribution in [1.82, 2.24) is 5.32 Å². The molecule has 0 saturated carbocycles. The predicted octanol–water partition coefficient (Wildman–Crippen LogP) is 3.92. The van der Waals surface area contributed by atoms with Crippen molar-refractivity contribution in [1.29, 1.82) is 0 Å². The van der Waals surface area contributed by atoms with Crippen LogP contribution in [0.4, 0.5) is 4.39 Å². The van der Waals surface area contributed by atoms with E-state index >= 15 is 0 Å². The van der Waals surface area contributed by atoms with Gasteiger partial charge in [-0.15, -0.1) is 0 Å². The first-order valence-corrected chi connectivity index (χ1v) is 6.88. The zero-order valence-corrected chi connectivity index (χ0v) is 11.7. The molecule has 0 fully saturated rings. The Balaban J connectivity index is 1.99. The number of ether oxygens (including phenoxy) is 1. The van der Waals surface area contributed by atoms with Gasteiger partial charge in [0.15, 0.2) is 0 Å². The lowest BCUT2D eigenvalue weighted by molar-refractivity contribution is 0.153. The van der Waals surface area contributed by atoms with Crippen LogP contribution >= 0.6 is 0 Å². The van der Waals surface area contributed by atoms with Crippen LogP contribution in [0.15, 0.2) is 42.5 Å². The summed E-state index contributed by atoms with van der Waals surface area (Å²) in [7, 11) is 1.90. The lowest BCUT2D eigenvalue weighted by Gasteiger charge is -2.33. The molecule has 104 valence electrons. The van der Waals surface area contributed by atoms with Crippen LogP contribution in [-0.4, -0.2) is 7.05 Å². The Bertz CT molecular complexity index is 626. The molecular formula is C17H18FNO. The van der Waals surface area contributed by atoms with Gasteiger partial charge in [0.05, 0.1) is 0 Å². The van der Waals surface area contributed by atoms with Crippen molar-refractivity contribution in [2.75, 3.05) is 7.05 Å². The lowest BCUT2D eigenvalue weighted by atomic mass is 9.91. The minimum absolute atomic E-state index is 0.00612. The van der Waals surface area contributed by atoms with E-state index in [2.05, 4.69) is 24.4 Å². The van der Waals surface area contributed by atoms with Gasteiger partial charge in [0.1, 0.15) is 17.7 Å². The molecule has 0 aliphatic carbocycles. The molecule has 1 aliphatic heterocycles. The minimum atomic E-state index is -0.220. The summed E-state index contributed by atoms with van der Waals surface area (Å²) in [5.74, 6) is 0.548. The van der Waals surface area contributed by atoms with Crippen molar-refractivity contribution in [3.63, 3.8) is 0 Å². The average molecular weight is 271 g/mol. The molecule has 3 rings (SSSR count). The molecule has 2 atom stereocenters. The predicted molar refractivity (Wildman–Crippen MR) is 77.4 cm³/mol. The summed E-state index contributed by atoms with van der Waals surface area (Å²) < 4.78 is 19.5. The largest absolute Gasteiger partial charge is 0.485 e. The van der Waals surface area contributed by atoms with Crippen LogP contribution < -0.4 is 10.1 Å². The highest BCUT2D eigenvalue weighted by Gasteiger charge is 2.29. The van der Waals surface area contributed by atoms with E-state index in [-0.39, 0.29) is 18.0 Å². The van der Waals surface area contributed by atoms with Gasteiger partial charge in [-0.25, -0.2) is 4.39 Å². The molecule has 3 heteroatoms. The number of fused-ring (bicyclic) bond motifs is 1. The van der Waals surface area contributed by atoms with Crippen LogP contribution in [0.2, 0.25) is 0 Å². The van der Waals surface area contributed by atoms with Gasteiger partial charge in [0.2, 0.25) is 0 Å². The Hall–Kier alpha value is -1.87. The molecule has 2 unspecified atom stereocenters. The monoisotopic (exact) mass is 271 g/mol. The van der Waals surface area contributed by atoms with Crippen LogP contribution in [-0.2, 0) is 0 Å². The van der Waals surface area contributed by atoms with Crippen LogP contribution in [0.25, 0.3) is 0 Å². The van der Waals surface area contributed by atoms with E-state index in [9.17, 15) is 4.39 Å². The average Bonchev–Trinajstić information content (AvgIpc) is 2.46. The van der Waals surface area contributed by atoms with E-state index in [0.29, 0.717) is 0 Å². The molecular weight excluding hydrogens is 253 g/mol. The Kier molecular flexibility index (Phi) is 3.45. The molecule has 1 heterocycles. The summed E-state index contributed by atoms with van der Waals surface area (Å²) >= 11 is 0. The number of benzene rings is 2. The van der Waals surface area contributed by atoms with E-state index in [1.165, 1.54) is 17.2 Å². The molecule has 2 aromatic rings. The maximum absolute atomic E-state index is 13.4. The smallest absolute Gasteiger partial charge is 0.126 e. The molecule has 20 heavy (non-hydrogen) atoms. The molecule has 0 radical (unpaired) electrons. The first-order chi connectivity index (χ1) is 9.69. The van der Waals surface area contributed by atoms with Crippen molar-refractivity contribution < 1.29 is 9.13 Å². The van der Waals surface area contributed by atoms with Crippen molar-refractivity contribution in [2.24, 2.45) is 0 Å². The van der Waals surface area contributed by atoms with Crippen LogP contribution in [0.5, 0.6) is 5.75 Å². The van der Waals surface area contributed by atoms with Gasteiger partial charge in [-0.05, 0) is 43.3 Å². The number of rotatable bonds is 2. The molecule has 0 bridgehead atoms. The molecule has 2 aromatic carbocycles. The maximum atomic E-state index is 13.4. The van der Waals surface area contributed by atoms with Crippen LogP contribution in [0.1, 0.15) is 35.3 Å². The second-order valence-electron chi connectivity index (χ2n) is 5.22. The molecule has 1 N–H and O–H groups in total. The van der Waals surface area contributed by atoms with Gasteiger partial charge in [-0.1, -0.05) is 24.3 Å². The quantitative estimate of drug-likeness (QED) is 0.894. The second kappa shape index (κ2) is 5.25. The highest BCUT2D eigenvalue weighted by Crippen LogP contribution is 2.41. The zero-order chi connectivity index (χ0) is 14.1. The number of aryl methyl sites for hydroxylation is 1. The van der Waals surface area contributed by atoms with E-state index in [0.717, 1.165) is 17.7 Å².